The summed E-state index contributed by atoms with van der Waals surface area (Å²) in [6.07, 6.45) is -0.948. The Morgan fingerprint density at radius 1 is 0.906 bits per heavy atom. The lowest BCUT2D eigenvalue weighted by Crippen LogP contribution is -2.37. The van der Waals surface area contributed by atoms with Crippen LogP contribution in [0.25, 0.3) is 0 Å². The lowest BCUT2D eigenvalue weighted by atomic mass is 9.90. The highest BCUT2D eigenvalue weighted by Gasteiger charge is 2.60. The quantitative estimate of drug-likeness (QED) is 0.541. The molecule has 3 aromatic carbocycles. The van der Waals surface area contributed by atoms with E-state index in [9.17, 15) is 9.59 Å². The first-order chi connectivity index (χ1) is 15.5. The number of amides is 2. The number of halogens is 1. The Hall–Kier alpha value is -3.35. The van der Waals surface area contributed by atoms with Gasteiger partial charge < -0.3 is 4.74 Å². The van der Waals surface area contributed by atoms with Crippen LogP contribution in [0.15, 0.2) is 72.8 Å². The Bertz CT molecular complexity index is 1200. The van der Waals surface area contributed by atoms with Gasteiger partial charge in [-0.25, -0.2) is 9.96 Å². The van der Waals surface area contributed by atoms with Crippen molar-refractivity contribution in [2.45, 2.75) is 19.1 Å². The summed E-state index contributed by atoms with van der Waals surface area (Å²) in [5, 5.41) is 2.15. The molecule has 3 atom stereocenters. The number of ether oxygens (including phenoxy) is 1. The second-order valence-electron chi connectivity index (χ2n) is 7.80. The molecule has 2 fully saturated rings. The van der Waals surface area contributed by atoms with Crippen LogP contribution in [0, 0.1) is 12.8 Å². The summed E-state index contributed by atoms with van der Waals surface area (Å²) in [4.78, 5) is 34.6. The van der Waals surface area contributed by atoms with Gasteiger partial charge in [-0.2, -0.15) is 0 Å². The second kappa shape index (κ2) is 7.97. The van der Waals surface area contributed by atoms with Gasteiger partial charge in [0.15, 0.2) is 6.10 Å². The molecule has 0 saturated carbocycles. The molecule has 0 bridgehead atoms. The standard InChI is InChI=1S/C25H21ClN2O4/c1-15-18(26)12-8-13-19(15)27-24(29)21-22(17-11-6-7-14-20(17)31-2)28(32-23(21)25(27)30)16-9-4-3-5-10-16/h3-14,21-23H,1-2H3/t21-,22+,23+/m0/s1. The molecule has 2 heterocycles. The maximum Gasteiger partial charge on any atom is 0.266 e. The van der Waals surface area contributed by atoms with Crippen molar-refractivity contribution in [1.29, 1.82) is 0 Å². The minimum absolute atomic E-state index is 0.320. The third kappa shape index (κ3) is 3.06. The molecular formula is C25H21ClN2O4. The van der Waals surface area contributed by atoms with Crippen LogP contribution in [0.1, 0.15) is 17.2 Å². The third-order valence-electron chi connectivity index (χ3n) is 6.06. The molecular weight excluding hydrogens is 428 g/mol. The fourth-order valence-electron chi connectivity index (χ4n) is 4.52. The van der Waals surface area contributed by atoms with Crippen molar-refractivity contribution >= 4 is 34.8 Å². The average molecular weight is 449 g/mol. The summed E-state index contributed by atoms with van der Waals surface area (Å²) >= 11 is 6.27. The van der Waals surface area contributed by atoms with E-state index >= 15 is 0 Å². The van der Waals surface area contributed by atoms with Gasteiger partial charge in [-0.15, -0.1) is 0 Å². The zero-order valence-corrected chi connectivity index (χ0v) is 18.3. The number of hydrogen-bond acceptors (Lipinski definition) is 5. The monoisotopic (exact) mass is 448 g/mol. The summed E-state index contributed by atoms with van der Waals surface area (Å²) in [5.41, 5.74) is 2.68. The van der Waals surface area contributed by atoms with Crippen molar-refractivity contribution in [3.05, 3.63) is 88.9 Å². The first kappa shape index (κ1) is 20.5. The number of benzene rings is 3. The van der Waals surface area contributed by atoms with Crippen molar-refractivity contribution in [1.82, 2.24) is 0 Å². The molecule has 2 saturated heterocycles. The van der Waals surface area contributed by atoms with Gasteiger partial charge in [-0.1, -0.05) is 54.1 Å². The van der Waals surface area contributed by atoms with Gasteiger partial charge in [0.1, 0.15) is 11.7 Å². The molecule has 0 radical (unpaired) electrons. The van der Waals surface area contributed by atoms with Crippen LogP contribution in [0.5, 0.6) is 5.75 Å². The van der Waals surface area contributed by atoms with E-state index in [1.807, 2.05) is 54.6 Å². The maximum atomic E-state index is 13.7. The summed E-state index contributed by atoms with van der Waals surface area (Å²) < 4.78 is 5.59. The minimum atomic E-state index is -0.948. The second-order valence-corrected chi connectivity index (χ2v) is 8.20. The Morgan fingerprint density at radius 3 is 2.38 bits per heavy atom. The Morgan fingerprint density at radius 2 is 1.62 bits per heavy atom. The number of nitrogens with zero attached hydrogens (tertiary/aromatic N) is 2. The molecule has 5 rings (SSSR count). The zero-order valence-electron chi connectivity index (χ0n) is 17.6. The summed E-state index contributed by atoms with van der Waals surface area (Å²) in [5.74, 6) is -0.832. The molecule has 0 aromatic heterocycles. The fourth-order valence-corrected chi connectivity index (χ4v) is 4.69. The van der Waals surface area contributed by atoms with Gasteiger partial charge in [0.05, 0.1) is 24.5 Å². The average Bonchev–Trinajstić information content (AvgIpc) is 3.32. The maximum absolute atomic E-state index is 13.7. The van der Waals surface area contributed by atoms with E-state index in [2.05, 4.69) is 0 Å². The van der Waals surface area contributed by atoms with E-state index in [4.69, 9.17) is 21.2 Å². The predicted octanol–water partition coefficient (Wildman–Crippen LogP) is 4.71. The molecule has 3 aromatic rings. The van der Waals surface area contributed by atoms with Gasteiger partial charge in [-0.3, -0.25) is 14.4 Å². The molecule has 0 unspecified atom stereocenters. The normalized spacial score (nSPS) is 22.4. The van der Waals surface area contributed by atoms with E-state index in [0.29, 0.717) is 22.0 Å². The smallest absolute Gasteiger partial charge is 0.266 e. The minimum Gasteiger partial charge on any atom is -0.496 e. The number of carbonyl (C=O) groups excluding carboxylic acids is 2. The summed E-state index contributed by atoms with van der Waals surface area (Å²) in [6, 6.07) is 21.6. The molecule has 2 aliphatic heterocycles. The summed E-state index contributed by atoms with van der Waals surface area (Å²) in [7, 11) is 1.59. The van der Waals surface area contributed by atoms with E-state index in [1.165, 1.54) is 4.90 Å². The zero-order chi connectivity index (χ0) is 22.4. The predicted molar refractivity (Wildman–Crippen MR) is 122 cm³/mol. The highest BCUT2D eigenvalue weighted by molar-refractivity contribution is 6.32. The first-order valence-corrected chi connectivity index (χ1v) is 10.7. The van der Waals surface area contributed by atoms with Crippen LogP contribution in [-0.4, -0.2) is 25.0 Å². The van der Waals surface area contributed by atoms with Gasteiger partial charge in [-0.05, 0) is 42.8 Å². The van der Waals surface area contributed by atoms with Crippen LogP contribution in [0.3, 0.4) is 0 Å². The van der Waals surface area contributed by atoms with E-state index < -0.39 is 24.0 Å². The fraction of sp³-hybridized carbons (Fsp3) is 0.200. The van der Waals surface area contributed by atoms with Crippen LogP contribution in [0.4, 0.5) is 11.4 Å². The number of hydrogen-bond donors (Lipinski definition) is 0. The molecule has 32 heavy (non-hydrogen) atoms. The molecule has 6 nitrogen and oxygen atoms in total. The van der Waals surface area contributed by atoms with Crippen molar-refractivity contribution < 1.29 is 19.2 Å². The number of anilines is 2. The number of fused-ring (bicyclic) bond motifs is 1. The Labute approximate surface area is 190 Å². The lowest BCUT2D eigenvalue weighted by Gasteiger charge is -2.29. The number of imide groups is 1. The lowest BCUT2D eigenvalue weighted by molar-refractivity contribution is -0.126. The van der Waals surface area contributed by atoms with Gasteiger partial charge in [0, 0.05) is 10.6 Å². The molecule has 2 amide bonds. The van der Waals surface area contributed by atoms with E-state index in [0.717, 1.165) is 11.3 Å². The van der Waals surface area contributed by atoms with Crippen LogP contribution in [-0.2, 0) is 14.4 Å². The Kier molecular flexibility index (Phi) is 5.12. The number of methoxy groups -OCH3 is 1. The number of rotatable bonds is 4. The first-order valence-electron chi connectivity index (χ1n) is 10.3. The van der Waals surface area contributed by atoms with E-state index in [1.54, 1.807) is 37.3 Å². The van der Waals surface area contributed by atoms with Gasteiger partial charge in [0.2, 0.25) is 5.91 Å². The topological polar surface area (TPSA) is 59.1 Å². The van der Waals surface area contributed by atoms with Gasteiger partial charge >= 0.3 is 0 Å². The molecule has 162 valence electrons. The molecule has 0 aliphatic carbocycles. The van der Waals surface area contributed by atoms with Crippen LogP contribution in [0.2, 0.25) is 5.02 Å². The van der Waals surface area contributed by atoms with E-state index in [-0.39, 0.29) is 5.91 Å². The summed E-state index contributed by atoms with van der Waals surface area (Å²) in [6.45, 7) is 1.79. The largest absolute Gasteiger partial charge is 0.496 e. The number of para-hydroxylation sites is 2. The van der Waals surface area contributed by atoms with Crippen LogP contribution < -0.4 is 14.7 Å². The highest BCUT2D eigenvalue weighted by atomic mass is 35.5. The SMILES string of the molecule is COc1ccccc1[C@@H]1[C@@H]2C(=O)N(c3cccc(Cl)c3C)C(=O)[C@@H]2ON1c1ccccc1. The highest BCUT2D eigenvalue weighted by Crippen LogP contribution is 2.49. The number of carbonyl (C=O) groups is 2. The third-order valence-corrected chi connectivity index (χ3v) is 6.47. The van der Waals surface area contributed by atoms with Crippen molar-refractivity contribution in [3.8, 4) is 5.75 Å². The molecule has 0 N–H and O–H groups in total. The Balaban J connectivity index is 1.63. The van der Waals surface area contributed by atoms with Crippen molar-refractivity contribution in [2.75, 3.05) is 17.1 Å². The number of hydroxylamine groups is 1. The van der Waals surface area contributed by atoms with Crippen molar-refractivity contribution in [3.63, 3.8) is 0 Å². The van der Waals surface area contributed by atoms with Crippen LogP contribution >= 0.6 is 11.6 Å². The molecule has 2 aliphatic rings. The van der Waals surface area contributed by atoms with Gasteiger partial charge in [0.25, 0.3) is 5.91 Å². The van der Waals surface area contributed by atoms with Crippen molar-refractivity contribution in [2.24, 2.45) is 5.92 Å². The molecule has 7 heteroatoms. The molecule has 0 spiro atoms.